The average Bonchev–Trinajstić information content (AvgIpc) is 2.83. The van der Waals surface area contributed by atoms with Crippen molar-refractivity contribution >= 4 is 11.1 Å². The van der Waals surface area contributed by atoms with Crippen molar-refractivity contribution in [2.75, 3.05) is 19.6 Å². The Morgan fingerprint density at radius 2 is 2.10 bits per heavy atom. The maximum absolute atomic E-state index is 5.83. The predicted molar refractivity (Wildman–Crippen MR) is 80.6 cm³/mol. The molecular formula is C16H23N3O. The summed E-state index contributed by atoms with van der Waals surface area (Å²) in [6.45, 7) is 11.0. The maximum Gasteiger partial charge on any atom is 0.209 e. The Hall–Kier alpha value is -1.39. The number of hydrogen-bond donors (Lipinski definition) is 0. The van der Waals surface area contributed by atoms with E-state index in [-0.39, 0.29) is 0 Å². The molecule has 20 heavy (non-hydrogen) atoms. The summed E-state index contributed by atoms with van der Waals surface area (Å²) in [5.74, 6) is 0.830. The van der Waals surface area contributed by atoms with Gasteiger partial charge in [-0.3, -0.25) is 9.80 Å². The Morgan fingerprint density at radius 3 is 2.80 bits per heavy atom. The Kier molecular flexibility index (Phi) is 3.76. The molecule has 0 unspecified atom stereocenters. The molecule has 1 saturated heterocycles. The minimum atomic E-state index is 0.543. The number of aromatic nitrogens is 1. The van der Waals surface area contributed by atoms with Crippen molar-refractivity contribution in [3.05, 3.63) is 30.2 Å². The number of nitrogens with zero attached hydrogens (tertiary/aromatic N) is 3. The van der Waals surface area contributed by atoms with Gasteiger partial charge in [0.05, 0.1) is 6.54 Å². The fraction of sp³-hybridized carbons (Fsp3) is 0.562. The van der Waals surface area contributed by atoms with Crippen LogP contribution in [-0.2, 0) is 6.54 Å². The summed E-state index contributed by atoms with van der Waals surface area (Å²) in [6, 6.07) is 9.14. The van der Waals surface area contributed by atoms with Gasteiger partial charge in [-0.15, -0.1) is 0 Å². The summed E-state index contributed by atoms with van der Waals surface area (Å²) in [6.07, 6.45) is 0. The normalized spacial score (nSPS) is 21.9. The van der Waals surface area contributed by atoms with Gasteiger partial charge >= 0.3 is 0 Å². The van der Waals surface area contributed by atoms with Crippen LogP contribution in [0.4, 0.5) is 0 Å². The fourth-order valence-corrected chi connectivity index (χ4v) is 2.89. The molecule has 1 aliphatic heterocycles. The van der Waals surface area contributed by atoms with E-state index >= 15 is 0 Å². The highest BCUT2D eigenvalue weighted by molar-refractivity contribution is 5.72. The number of fused-ring (bicyclic) bond motifs is 1. The average molecular weight is 273 g/mol. The van der Waals surface area contributed by atoms with Crippen LogP contribution < -0.4 is 0 Å². The number of benzene rings is 1. The lowest BCUT2D eigenvalue weighted by atomic mass is 10.1. The third kappa shape index (κ3) is 2.72. The van der Waals surface area contributed by atoms with Gasteiger partial charge in [-0.25, -0.2) is 4.98 Å². The highest BCUT2D eigenvalue weighted by atomic mass is 16.3. The van der Waals surface area contributed by atoms with Crippen molar-refractivity contribution in [3.63, 3.8) is 0 Å². The number of oxazole rings is 1. The van der Waals surface area contributed by atoms with Crippen molar-refractivity contribution < 1.29 is 4.42 Å². The largest absolute Gasteiger partial charge is 0.439 e. The molecule has 4 nitrogen and oxygen atoms in total. The standard InChI is InChI=1S/C16H23N3O/c1-12(2)18-8-9-19(13(3)10-18)11-16-17-14-6-4-5-7-15(14)20-16/h4-7,12-13H,8-11H2,1-3H3/t13-/m0/s1. The van der Waals surface area contributed by atoms with Crippen LogP contribution >= 0.6 is 0 Å². The summed E-state index contributed by atoms with van der Waals surface area (Å²) in [5.41, 5.74) is 1.84. The minimum Gasteiger partial charge on any atom is -0.439 e. The van der Waals surface area contributed by atoms with E-state index in [2.05, 4.69) is 35.6 Å². The van der Waals surface area contributed by atoms with Crippen molar-refractivity contribution in [2.24, 2.45) is 0 Å². The molecule has 1 fully saturated rings. The first kappa shape index (κ1) is 13.6. The Balaban J connectivity index is 1.69. The predicted octanol–water partition coefficient (Wildman–Crippen LogP) is 2.74. The van der Waals surface area contributed by atoms with Crippen LogP contribution in [0.1, 0.15) is 26.7 Å². The smallest absolute Gasteiger partial charge is 0.209 e. The van der Waals surface area contributed by atoms with Gasteiger partial charge in [-0.05, 0) is 32.9 Å². The molecule has 3 rings (SSSR count). The Bertz CT molecular complexity index is 545. The van der Waals surface area contributed by atoms with Gasteiger partial charge in [-0.1, -0.05) is 12.1 Å². The van der Waals surface area contributed by atoms with E-state index in [9.17, 15) is 0 Å². The van der Waals surface area contributed by atoms with E-state index in [1.54, 1.807) is 0 Å². The van der Waals surface area contributed by atoms with E-state index in [0.29, 0.717) is 12.1 Å². The van der Waals surface area contributed by atoms with Crippen molar-refractivity contribution in [1.29, 1.82) is 0 Å². The van der Waals surface area contributed by atoms with Crippen LogP contribution in [0.2, 0.25) is 0 Å². The molecule has 0 amide bonds. The van der Waals surface area contributed by atoms with E-state index < -0.39 is 0 Å². The molecule has 1 aromatic heterocycles. The summed E-state index contributed by atoms with van der Waals surface area (Å²) < 4.78 is 5.83. The van der Waals surface area contributed by atoms with E-state index in [1.807, 2.05) is 24.3 Å². The Morgan fingerprint density at radius 1 is 1.30 bits per heavy atom. The minimum absolute atomic E-state index is 0.543. The van der Waals surface area contributed by atoms with Crippen molar-refractivity contribution in [1.82, 2.24) is 14.8 Å². The maximum atomic E-state index is 5.83. The number of hydrogen-bond acceptors (Lipinski definition) is 4. The first-order chi connectivity index (χ1) is 9.63. The van der Waals surface area contributed by atoms with Gasteiger partial charge < -0.3 is 4.42 Å². The first-order valence-electron chi connectivity index (χ1n) is 7.46. The second-order valence-electron chi connectivity index (χ2n) is 5.98. The molecule has 108 valence electrons. The van der Waals surface area contributed by atoms with Crippen molar-refractivity contribution in [2.45, 2.75) is 39.4 Å². The number of para-hydroxylation sites is 2. The zero-order chi connectivity index (χ0) is 14.1. The second-order valence-corrected chi connectivity index (χ2v) is 5.98. The van der Waals surface area contributed by atoms with E-state index in [4.69, 9.17) is 4.42 Å². The zero-order valence-electron chi connectivity index (χ0n) is 12.5. The van der Waals surface area contributed by atoms with E-state index in [0.717, 1.165) is 43.2 Å². The quantitative estimate of drug-likeness (QED) is 0.861. The Labute approximate surface area is 120 Å². The lowest BCUT2D eigenvalue weighted by Gasteiger charge is -2.41. The molecule has 1 aromatic carbocycles. The van der Waals surface area contributed by atoms with Gasteiger partial charge in [0.25, 0.3) is 0 Å². The second kappa shape index (κ2) is 5.54. The molecule has 0 aliphatic carbocycles. The molecule has 0 bridgehead atoms. The third-order valence-electron chi connectivity index (χ3n) is 4.20. The van der Waals surface area contributed by atoms with Gasteiger partial charge in [0.2, 0.25) is 5.89 Å². The lowest BCUT2D eigenvalue weighted by molar-refractivity contribution is 0.0545. The molecule has 1 atom stereocenters. The third-order valence-corrected chi connectivity index (χ3v) is 4.20. The summed E-state index contributed by atoms with van der Waals surface area (Å²) in [5, 5.41) is 0. The molecule has 0 saturated carbocycles. The molecule has 0 radical (unpaired) electrons. The van der Waals surface area contributed by atoms with Gasteiger partial charge in [0.15, 0.2) is 5.58 Å². The molecule has 2 aromatic rings. The van der Waals surface area contributed by atoms with Crippen LogP contribution in [0, 0.1) is 0 Å². The van der Waals surface area contributed by atoms with Gasteiger partial charge in [0, 0.05) is 31.7 Å². The van der Waals surface area contributed by atoms with Crippen LogP contribution in [0.15, 0.2) is 28.7 Å². The lowest BCUT2D eigenvalue weighted by Crippen LogP contribution is -2.53. The van der Waals surface area contributed by atoms with Gasteiger partial charge in [0.1, 0.15) is 5.52 Å². The molecule has 2 heterocycles. The number of rotatable bonds is 3. The van der Waals surface area contributed by atoms with Crippen LogP contribution in [0.5, 0.6) is 0 Å². The highest BCUT2D eigenvalue weighted by Gasteiger charge is 2.26. The molecule has 1 aliphatic rings. The highest BCUT2D eigenvalue weighted by Crippen LogP contribution is 2.19. The number of piperazine rings is 1. The zero-order valence-corrected chi connectivity index (χ0v) is 12.5. The van der Waals surface area contributed by atoms with E-state index in [1.165, 1.54) is 0 Å². The molecule has 4 heteroatoms. The van der Waals surface area contributed by atoms with Crippen LogP contribution in [0.3, 0.4) is 0 Å². The summed E-state index contributed by atoms with van der Waals surface area (Å²) in [4.78, 5) is 9.57. The topological polar surface area (TPSA) is 32.5 Å². The molecule has 0 N–H and O–H groups in total. The fourth-order valence-electron chi connectivity index (χ4n) is 2.89. The molecular weight excluding hydrogens is 250 g/mol. The molecule has 0 spiro atoms. The first-order valence-corrected chi connectivity index (χ1v) is 7.46. The van der Waals surface area contributed by atoms with Crippen LogP contribution in [-0.4, -0.2) is 46.5 Å². The summed E-state index contributed by atoms with van der Waals surface area (Å²) >= 11 is 0. The SMILES string of the molecule is CC(C)N1CCN(Cc2nc3ccccc3o2)[C@@H](C)C1. The summed E-state index contributed by atoms with van der Waals surface area (Å²) in [7, 11) is 0. The van der Waals surface area contributed by atoms with Crippen molar-refractivity contribution in [3.8, 4) is 0 Å². The van der Waals surface area contributed by atoms with Gasteiger partial charge in [-0.2, -0.15) is 0 Å². The monoisotopic (exact) mass is 273 g/mol. The van der Waals surface area contributed by atoms with Crippen LogP contribution in [0.25, 0.3) is 11.1 Å².